The summed E-state index contributed by atoms with van der Waals surface area (Å²) in [4.78, 5) is 2.20. The number of hydrogen-bond acceptors (Lipinski definition) is 3. The zero-order chi connectivity index (χ0) is 9.35. The zero-order valence-electron chi connectivity index (χ0n) is 8.50. The highest BCUT2D eigenvalue weighted by Crippen LogP contribution is 2.33. The van der Waals surface area contributed by atoms with Crippen LogP contribution in [0.4, 0.5) is 0 Å². The van der Waals surface area contributed by atoms with Gasteiger partial charge in [0.2, 0.25) is 0 Å². The van der Waals surface area contributed by atoms with Crippen LogP contribution >= 0.6 is 0 Å². The average molecular weight is 172 g/mol. The molecule has 0 aromatic heterocycles. The van der Waals surface area contributed by atoms with Crippen LogP contribution in [-0.4, -0.2) is 43.3 Å². The molecule has 1 aliphatic rings. The van der Waals surface area contributed by atoms with E-state index in [1.165, 1.54) is 0 Å². The van der Waals surface area contributed by atoms with Gasteiger partial charge in [-0.25, -0.2) is 0 Å². The SMILES string of the molecule is CC1CC(CN)(N(C)C)C(C)O1. The van der Waals surface area contributed by atoms with Crippen LogP contribution in [0.1, 0.15) is 20.3 Å². The summed E-state index contributed by atoms with van der Waals surface area (Å²) in [6.07, 6.45) is 1.62. The van der Waals surface area contributed by atoms with Crippen LogP contribution in [0.15, 0.2) is 0 Å². The number of nitrogens with two attached hydrogens (primary N) is 1. The average Bonchev–Trinajstić information content (AvgIpc) is 2.26. The summed E-state index contributed by atoms with van der Waals surface area (Å²) >= 11 is 0. The number of ether oxygens (including phenoxy) is 1. The van der Waals surface area contributed by atoms with Crippen LogP contribution in [0.3, 0.4) is 0 Å². The minimum absolute atomic E-state index is 0.0550. The third-order valence-electron chi connectivity index (χ3n) is 3.08. The van der Waals surface area contributed by atoms with E-state index in [4.69, 9.17) is 10.5 Å². The molecule has 1 heterocycles. The summed E-state index contributed by atoms with van der Waals surface area (Å²) in [6.45, 7) is 4.89. The normalized spacial score (nSPS) is 42.5. The third-order valence-corrected chi connectivity index (χ3v) is 3.08. The van der Waals surface area contributed by atoms with Crippen LogP contribution in [0.2, 0.25) is 0 Å². The lowest BCUT2D eigenvalue weighted by Crippen LogP contribution is -2.55. The van der Waals surface area contributed by atoms with Gasteiger partial charge in [0.05, 0.1) is 17.7 Å². The lowest BCUT2D eigenvalue weighted by molar-refractivity contribution is 0.0181. The molecule has 0 amide bonds. The Bertz CT molecular complexity index is 161. The molecule has 3 atom stereocenters. The Hall–Kier alpha value is -0.120. The molecule has 0 radical (unpaired) electrons. The minimum Gasteiger partial charge on any atom is -0.374 e. The molecule has 3 heteroatoms. The predicted octanol–water partition coefficient (Wildman–Crippen LogP) is 0.443. The zero-order valence-corrected chi connectivity index (χ0v) is 8.50. The van der Waals surface area contributed by atoms with Gasteiger partial charge in [0.15, 0.2) is 0 Å². The molecular weight excluding hydrogens is 152 g/mol. The van der Waals surface area contributed by atoms with E-state index in [0.29, 0.717) is 12.6 Å². The Balaban J connectivity index is 2.79. The Morgan fingerprint density at radius 1 is 1.50 bits per heavy atom. The monoisotopic (exact) mass is 172 g/mol. The highest BCUT2D eigenvalue weighted by atomic mass is 16.5. The van der Waals surface area contributed by atoms with Gasteiger partial charge in [0.25, 0.3) is 0 Å². The first-order valence-electron chi connectivity index (χ1n) is 4.56. The van der Waals surface area contributed by atoms with Crippen LogP contribution in [-0.2, 0) is 4.74 Å². The topological polar surface area (TPSA) is 38.5 Å². The number of hydrogen-bond donors (Lipinski definition) is 1. The van der Waals surface area contributed by atoms with Crippen molar-refractivity contribution in [3.8, 4) is 0 Å². The largest absolute Gasteiger partial charge is 0.374 e. The molecule has 1 saturated heterocycles. The van der Waals surface area contributed by atoms with Crippen LogP contribution in [0, 0.1) is 0 Å². The van der Waals surface area contributed by atoms with Crippen molar-refractivity contribution < 1.29 is 4.74 Å². The number of rotatable bonds is 2. The molecule has 0 aromatic rings. The summed E-state index contributed by atoms with van der Waals surface area (Å²) < 4.78 is 5.71. The Morgan fingerprint density at radius 3 is 2.25 bits per heavy atom. The molecule has 0 bridgehead atoms. The van der Waals surface area contributed by atoms with E-state index in [1.54, 1.807) is 0 Å². The predicted molar refractivity (Wildman–Crippen MR) is 50.1 cm³/mol. The second-order valence-electron chi connectivity index (χ2n) is 4.00. The molecule has 0 aromatic carbocycles. The van der Waals surface area contributed by atoms with Crippen LogP contribution < -0.4 is 5.73 Å². The maximum Gasteiger partial charge on any atom is 0.0747 e. The minimum atomic E-state index is 0.0550. The summed E-state index contributed by atoms with van der Waals surface area (Å²) in [7, 11) is 4.15. The summed E-state index contributed by atoms with van der Waals surface area (Å²) in [5, 5.41) is 0. The molecule has 1 fully saturated rings. The van der Waals surface area contributed by atoms with E-state index in [0.717, 1.165) is 6.42 Å². The van der Waals surface area contributed by atoms with Gasteiger partial charge in [0.1, 0.15) is 0 Å². The lowest BCUT2D eigenvalue weighted by Gasteiger charge is -2.37. The van der Waals surface area contributed by atoms with Gasteiger partial charge in [0, 0.05) is 6.54 Å². The van der Waals surface area contributed by atoms with Gasteiger partial charge in [-0.2, -0.15) is 0 Å². The van der Waals surface area contributed by atoms with Crippen molar-refractivity contribution in [3.05, 3.63) is 0 Å². The van der Waals surface area contributed by atoms with Crippen molar-refractivity contribution in [2.45, 2.75) is 38.0 Å². The maximum absolute atomic E-state index is 5.80. The molecule has 2 N–H and O–H groups in total. The second kappa shape index (κ2) is 3.32. The van der Waals surface area contributed by atoms with Crippen molar-refractivity contribution in [2.75, 3.05) is 20.6 Å². The fourth-order valence-corrected chi connectivity index (χ4v) is 2.17. The molecule has 0 spiro atoms. The standard InChI is InChI=1S/C9H20N2O/c1-7-5-9(6-10,11(3)4)8(2)12-7/h7-8H,5-6,10H2,1-4H3. The van der Waals surface area contributed by atoms with Crippen molar-refractivity contribution in [1.82, 2.24) is 4.90 Å². The van der Waals surface area contributed by atoms with Crippen LogP contribution in [0.5, 0.6) is 0 Å². The van der Waals surface area contributed by atoms with Gasteiger partial charge in [-0.3, -0.25) is 0 Å². The third kappa shape index (κ3) is 1.37. The molecule has 1 rings (SSSR count). The van der Waals surface area contributed by atoms with Crippen molar-refractivity contribution in [3.63, 3.8) is 0 Å². The Kier molecular flexibility index (Phi) is 2.76. The first-order chi connectivity index (χ1) is 5.53. The van der Waals surface area contributed by atoms with E-state index >= 15 is 0 Å². The number of nitrogens with zero attached hydrogens (tertiary/aromatic N) is 1. The molecule has 3 unspecified atom stereocenters. The van der Waals surface area contributed by atoms with Crippen LogP contribution in [0.25, 0.3) is 0 Å². The summed E-state index contributed by atoms with van der Waals surface area (Å²) in [5.41, 5.74) is 5.86. The maximum atomic E-state index is 5.80. The summed E-state index contributed by atoms with van der Waals surface area (Å²) in [6, 6.07) is 0. The fourth-order valence-electron chi connectivity index (χ4n) is 2.17. The van der Waals surface area contributed by atoms with Gasteiger partial charge in [-0.15, -0.1) is 0 Å². The van der Waals surface area contributed by atoms with Crippen molar-refractivity contribution >= 4 is 0 Å². The molecule has 72 valence electrons. The first-order valence-corrected chi connectivity index (χ1v) is 4.56. The van der Waals surface area contributed by atoms with E-state index in [9.17, 15) is 0 Å². The van der Waals surface area contributed by atoms with E-state index < -0.39 is 0 Å². The van der Waals surface area contributed by atoms with Gasteiger partial charge >= 0.3 is 0 Å². The highest BCUT2D eigenvalue weighted by molar-refractivity contribution is 5.00. The van der Waals surface area contributed by atoms with Crippen molar-refractivity contribution in [2.24, 2.45) is 5.73 Å². The molecule has 0 saturated carbocycles. The summed E-state index contributed by atoms with van der Waals surface area (Å²) in [5.74, 6) is 0. The second-order valence-corrected chi connectivity index (χ2v) is 4.00. The molecule has 3 nitrogen and oxygen atoms in total. The lowest BCUT2D eigenvalue weighted by atomic mass is 9.89. The van der Waals surface area contributed by atoms with Gasteiger partial charge < -0.3 is 15.4 Å². The van der Waals surface area contributed by atoms with Gasteiger partial charge in [-0.1, -0.05) is 0 Å². The fraction of sp³-hybridized carbons (Fsp3) is 1.00. The van der Waals surface area contributed by atoms with Gasteiger partial charge in [-0.05, 0) is 34.4 Å². The highest BCUT2D eigenvalue weighted by Gasteiger charge is 2.45. The van der Waals surface area contributed by atoms with Crippen molar-refractivity contribution in [1.29, 1.82) is 0 Å². The molecule has 1 aliphatic heterocycles. The Labute approximate surface area is 74.9 Å². The quantitative estimate of drug-likeness (QED) is 0.657. The number of likely N-dealkylation sites (N-methyl/N-ethyl adjacent to an activating group) is 1. The smallest absolute Gasteiger partial charge is 0.0747 e. The van der Waals surface area contributed by atoms with E-state index in [2.05, 4.69) is 32.8 Å². The van der Waals surface area contributed by atoms with E-state index in [-0.39, 0.29) is 11.6 Å². The first kappa shape index (κ1) is 9.96. The molecule has 12 heavy (non-hydrogen) atoms. The molecule has 0 aliphatic carbocycles. The molecular formula is C9H20N2O. The van der Waals surface area contributed by atoms with E-state index in [1.807, 2.05) is 0 Å². The Morgan fingerprint density at radius 2 is 2.08 bits per heavy atom.